The summed E-state index contributed by atoms with van der Waals surface area (Å²) < 4.78 is 5.25. The molecule has 138 valence electrons. The summed E-state index contributed by atoms with van der Waals surface area (Å²) in [4.78, 5) is 17.2. The van der Waals surface area contributed by atoms with Crippen LogP contribution in [0, 0.1) is 0 Å². The van der Waals surface area contributed by atoms with Crippen LogP contribution in [0.1, 0.15) is 34.3 Å². The third kappa shape index (κ3) is 3.84. The van der Waals surface area contributed by atoms with Crippen LogP contribution >= 0.6 is 22.9 Å². The fourth-order valence-electron chi connectivity index (χ4n) is 3.38. The van der Waals surface area contributed by atoms with Gasteiger partial charge in [0.05, 0.1) is 18.4 Å². The quantitative estimate of drug-likeness (QED) is 0.622. The molecule has 27 heavy (non-hydrogen) atoms. The normalized spacial score (nSPS) is 13.1. The Morgan fingerprint density at radius 2 is 1.96 bits per heavy atom. The highest BCUT2D eigenvalue weighted by atomic mass is 35.5. The predicted octanol–water partition coefficient (Wildman–Crippen LogP) is 5.60. The highest BCUT2D eigenvalue weighted by Gasteiger charge is 2.16. The summed E-state index contributed by atoms with van der Waals surface area (Å²) in [7, 11) is 1.53. The summed E-state index contributed by atoms with van der Waals surface area (Å²) in [6, 6.07) is 11.5. The molecule has 1 aliphatic rings. The first-order valence-corrected chi connectivity index (χ1v) is 10.1. The van der Waals surface area contributed by atoms with E-state index in [4.69, 9.17) is 16.3 Å². The third-order valence-electron chi connectivity index (χ3n) is 4.78. The van der Waals surface area contributed by atoms with Crippen molar-refractivity contribution < 1.29 is 9.53 Å². The van der Waals surface area contributed by atoms with Gasteiger partial charge in [0.15, 0.2) is 5.13 Å². The Balaban J connectivity index is 1.55. The summed E-state index contributed by atoms with van der Waals surface area (Å²) >= 11 is 7.42. The zero-order valence-corrected chi connectivity index (χ0v) is 16.5. The molecule has 1 heterocycles. The average molecular weight is 399 g/mol. The first-order valence-electron chi connectivity index (χ1n) is 8.86. The molecule has 0 saturated heterocycles. The van der Waals surface area contributed by atoms with E-state index in [-0.39, 0.29) is 5.91 Å². The second kappa shape index (κ2) is 7.71. The first-order chi connectivity index (χ1) is 13.1. The molecule has 1 aliphatic carbocycles. The van der Waals surface area contributed by atoms with E-state index in [1.165, 1.54) is 42.4 Å². The molecule has 3 aromatic rings. The maximum absolute atomic E-state index is 12.6. The van der Waals surface area contributed by atoms with Gasteiger partial charge >= 0.3 is 0 Å². The first kappa shape index (κ1) is 18.0. The van der Waals surface area contributed by atoms with Gasteiger partial charge in [-0.05, 0) is 61.1 Å². The van der Waals surface area contributed by atoms with Crippen LogP contribution in [0.2, 0.25) is 5.02 Å². The fraction of sp³-hybridized carbons (Fsp3) is 0.238. The van der Waals surface area contributed by atoms with Crippen molar-refractivity contribution in [3.8, 4) is 17.0 Å². The number of thiazole rings is 1. The van der Waals surface area contributed by atoms with E-state index in [1.807, 2.05) is 5.38 Å². The summed E-state index contributed by atoms with van der Waals surface area (Å²) in [6.07, 6.45) is 4.81. The molecule has 1 aromatic heterocycles. The van der Waals surface area contributed by atoms with Crippen LogP contribution in [0.4, 0.5) is 5.13 Å². The van der Waals surface area contributed by atoms with Crippen LogP contribution in [0.3, 0.4) is 0 Å². The zero-order valence-electron chi connectivity index (χ0n) is 14.9. The topological polar surface area (TPSA) is 51.2 Å². The van der Waals surface area contributed by atoms with Crippen LogP contribution in [-0.4, -0.2) is 18.0 Å². The Morgan fingerprint density at radius 1 is 1.15 bits per heavy atom. The van der Waals surface area contributed by atoms with Crippen LogP contribution in [0.15, 0.2) is 41.8 Å². The Labute approximate surface area is 167 Å². The highest BCUT2D eigenvalue weighted by Crippen LogP contribution is 2.30. The maximum Gasteiger partial charge on any atom is 0.261 e. The lowest BCUT2D eigenvalue weighted by Gasteiger charge is -2.16. The molecule has 6 heteroatoms. The largest absolute Gasteiger partial charge is 0.496 e. The molecule has 1 amide bonds. The molecule has 0 saturated carbocycles. The lowest BCUT2D eigenvalue weighted by Crippen LogP contribution is -2.13. The van der Waals surface area contributed by atoms with Crippen molar-refractivity contribution >= 4 is 34.0 Å². The Hall–Kier alpha value is -2.37. The SMILES string of the molecule is COc1ccc(Cl)cc1C(=O)Nc1nc(-c2ccc3c(c2)CCCC3)cs1. The number of nitrogens with one attached hydrogen (secondary N) is 1. The maximum atomic E-state index is 12.6. The summed E-state index contributed by atoms with van der Waals surface area (Å²) in [5, 5.41) is 5.84. The third-order valence-corrected chi connectivity index (χ3v) is 5.77. The number of methoxy groups -OCH3 is 1. The molecule has 0 aliphatic heterocycles. The molecule has 0 fully saturated rings. The number of nitrogens with zero attached hydrogens (tertiary/aromatic N) is 1. The van der Waals surface area contributed by atoms with Crippen LogP contribution in [0.25, 0.3) is 11.3 Å². The smallest absolute Gasteiger partial charge is 0.261 e. The van der Waals surface area contributed by atoms with Crippen LogP contribution < -0.4 is 10.1 Å². The number of amides is 1. The molecule has 2 aromatic carbocycles. The monoisotopic (exact) mass is 398 g/mol. The highest BCUT2D eigenvalue weighted by molar-refractivity contribution is 7.14. The zero-order chi connectivity index (χ0) is 18.8. The molecular weight excluding hydrogens is 380 g/mol. The summed E-state index contributed by atoms with van der Waals surface area (Å²) in [6.45, 7) is 0. The van der Waals surface area contributed by atoms with E-state index in [0.717, 1.165) is 24.1 Å². The molecule has 0 unspecified atom stereocenters. The number of halogens is 1. The molecule has 0 atom stereocenters. The molecule has 4 nitrogen and oxygen atoms in total. The molecule has 4 rings (SSSR count). The minimum atomic E-state index is -0.291. The van der Waals surface area contributed by atoms with Crippen LogP contribution in [-0.2, 0) is 12.8 Å². The van der Waals surface area contributed by atoms with Gasteiger partial charge < -0.3 is 4.74 Å². The van der Waals surface area contributed by atoms with Crippen molar-refractivity contribution in [1.82, 2.24) is 4.98 Å². The average Bonchev–Trinajstić information content (AvgIpc) is 3.16. The number of carbonyl (C=O) groups excluding carboxylic acids is 1. The van der Waals surface area contributed by atoms with Crippen molar-refractivity contribution in [3.63, 3.8) is 0 Å². The van der Waals surface area contributed by atoms with Gasteiger partial charge in [0.25, 0.3) is 5.91 Å². The van der Waals surface area contributed by atoms with Gasteiger partial charge in [-0.25, -0.2) is 4.98 Å². The van der Waals surface area contributed by atoms with Crippen molar-refractivity contribution in [2.75, 3.05) is 12.4 Å². The molecule has 0 radical (unpaired) electrons. The number of benzene rings is 2. The van der Waals surface area contributed by atoms with E-state index < -0.39 is 0 Å². The van der Waals surface area contributed by atoms with Crippen molar-refractivity contribution in [1.29, 1.82) is 0 Å². The number of hydrogen-bond acceptors (Lipinski definition) is 4. The predicted molar refractivity (Wildman–Crippen MR) is 110 cm³/mol. The van der Waals surface area contributed by atoms with Crippen molar-refractivity contribution in [2.24, 2.45) is 0 Å². The molecule has 0 bridgehead atoms. The Kier molecular flexibility index (Phi) is 5.14. The van der Waals surface area contributed by atoms with Gasteiger partial charge in [-0.2, -0.15) is 0 Å². The van der Waals surface area contributed by atoms with Crippen molar-refractivity contribution in [2.45, 2.75) is 25.7 Å². The van der Waals surface area contributed by atoms with Gasteiger partial charge in [0, 0.05) is 16.0 Å². The minimum absolute atomic E-state index is 0.291. The van der Waals surface area contributed by atoms with Crippen LogP contribution in [0.5, 0.6) is 5.75 Å². The number of anilines is 1. The molecule has 1 N–H and O–H groups in total. The number of aryl methyl sites for hydroxylation is 2. The fourth-order valence-corrected chi connectivity index (χ4v) is 4.27. The Morgan fingerprint density at radius 3 is 2.78 bits per heavy atom. The second-order valence-electron chi connectivity index (χ2n) is 6.53. The van der Waals surface area contributed by atoms with E-state index in [1.54, 1.807) is 18.2 Å². The van der Waals surface area contributed by atoms with E-state index in [0.29, 0.717) is 21.5 Å². The lowest BCUT2D eigenvalue weighted by molar-refractivity contribution is 0.102. The molecular formula is C21H19ClN2O2S. The standard InChI is InChI=1S/C21H19ClN2O2S/c1-26-19-9-8-16(22)11-17(19)20(25)24-21-23-18(12-27-21)15-7-6-13-4-2-3-5-14(13)10-15/h6-12H,2-5H2,1H3,(H,23,24,25). The van der Waals surface area contributed by atoms with Gasteiger partial charge in [-0.1, -0.05) is 23.7 Å². The van der Waals surface area contributed by atoms with Crippen molar-refractivity contribution in [3.05, 3.63) is 63.5 Å². The van der Waals surface area contributed by atoms with Gasteiger partial charge in [0.1, 0.15) is 5.75 Å². The number of rotatable bonds is 4. The van der Waals surface area contributed by atoms with E-state index in [9.17, 15) is 4.79 Å². The summed E-state index contributed by atoms with van der Waals surface area (Å²) in [5.74, 6) is 0.184. The summed E-state index contributed by atoms with van der Waals surface area (Å²) in [5.41, 5.74) is 5.22. The van der Waals surface area contributed by atoms with Gasteiger partial charge in [-0.3, -0.25) is 10.1 Å². The Bertz CT molecular complexity index is 1000. The number of hydrogen-bond donors (Lipinski definition) is 1. The molecule has 0 spiro atoms. The van der Waals surface area contributed by atoms with E-state index in [2.05, 4.69) is 28.5 Å². The van der Waals surface area contributed by atoms with E-state index >= 15 is 0 Å². The number of fused-ring (bicyclic) bond motifs is 1. The van der Waals surface area contributed by atoms with Gasteiger partial charge in [-0.15, -0.1) is 11.3 Å². The minimum Gasteiger partial charge on any atom is -0.496 e. The number of aromatic nitrogens is 1. The number of ether oxygens (including phenoxy) is 1. The lowest BCUT2D eigenvalue weighted by atomic mass is 9.90. The number of carbonyl (C=O) groups is 1. The second-order valence-corrected chi connectivity index (χ2v) is 7.82. The van der Waals surface area contributed by atoms with Gasteiger partial charge in [0.2, 0.25) is 0 Å².